The van der Waals surface area contributed by atoms with Crippen molar-refractivity contribution in [1.82, 2.24) is 4.90 Å². The molecule has 4 heteroatoms. The highest BCUT2D eigenvalue weighted by molar-refractivity contribution is 9.10. The van der Waals surface area contributed by atoms with E-state index in [0.717, 1.165) is 30.4 Å². The first-order valence-corrected chi connectivity index (χ1v) is 6.32. The number of hydrogen-bond acceptors (Lipinski definition) is 2. The minimum atomic E-state index is 0.111. The highest BCUT2D eigenvalue weighted by Gasteiger charge is 2.18. The van der Waals surface area contributed by atoms with Gasteiger partial charge in [-0.1, -0.05) is 0 Å². The zero-order chi connectivity index (χ0) is 11.5. The Bertz CT molecular complexity index is 400. The minimum Gasteiger partial charge on any atom is -0.398 e. The summed E-state index contributed by atoms with van der Waals surface area (Å²) in [4.78, 5) is 14.0. The Morgan fingerprint density at radius 2 is 1.94 bits per heavy atom. The van der Waals surface area contributed by atoms with Crippen LogP contribution < -0.4 is 5.73 Å². The summed E-state index contributed by atoms with van der Waals surface area (Å²) >= 11 is 3.34. The number of anilines is 1. The smallest absolute Gasteiger partial charge is 0.253 e. The fraction of sp³-hybridized carbons (Fsp3) is 0.417. The molecule has 0 spiro atoms. The van der Waals surface area contributed by atoms with Crippen LogP contribution in [0.25, 0.3) is 0 Å². The number of hydrogen-bond donors (Lipinski definition) is 1. The van der Waals surface area contributed by atoms with E-state index >= 15 is 0 Å². The second kappa shape index (κ2) is 4.87. The molecule has 1 amide bonds. The molecule has 0 bridgehead atoms. The average molecular weight is 283 g/mol. The molecule has 0 radical (unpaired) electrons. The molecule has 16 heavy (non-hydrogen) atoms. The van der Waals surface area contributed by atoms with Gasteiger partial charge in [0.1, 0.15) is 0 Å². The third-order valence-corrected chi connectivity index (χ3v) is 3.58. The maximum atomic E-state index is 12.1. The van der Waals surface area contributed by atoms with E-state index < -0.39 is 0 Å². The molecule has 1 saturated heterocycles. The van der Waals surface area contributed by atoms with Crippen LogP contribution in [0.3, 0.4) is 0 Å². The average Bonchev–Trinajstić information content (AvgIpc) is 2.33. The first-order chi connectivity index (χ1) is 7.68. The van der Waals surface area contributed by atoms with Crippen LogP contribution in [0.15, 0.2) is 22.7 Å². The molecule has 0 atom stereocenters. The quantitative estimate of drug-likeness (QED) is 0.805. The molecule has 0 aromatic heterocycles. The van der Waals surface area contributed by atoms with E-state index in [1.807, 2.05) is 4.90 Å². The van der Waals surface area contributed by atoms with Crippen molar-refractivity contribution < 1.29 is 4.79 Å². The predicted molar refractivity (Wildman–Crippen MR) is 68.3 cm³/mol. The fourth-order valence-electron chi connectivity index (χ4n) is 1.94. The van der Waals surface area contributed by atoms with Gasteiger partial charge in [0.2, 0.25) is 0 Å². The molecule has 1 heterocycles. The van der Waals surface area contributed by atoms with Crippen molar-refractivity contribution in [3.05, 3.63) is 28.2 Å². The monoisotopic (exact) mass is 282 g/mol. The van der Waals surface area contributed by atoms with Gasteiger partial charge in [0.25, 0.3) is 5.91 Å². The number of halogens is 1. The van der Waals surface area contributed by atoms with Gasteiger partial charge in [0, 0.05) is 28.8 Å². The van der Waals surface area contributed by atoms with Gasteiger partial charge < -0.3 is 10.6 Å². The number of piperidine rings is 1. The molecular formula is C12H15BrN2O. The van der Waals surface area contributed by atoms with Crippen molar-refractivity contribution in [2.45, 2.75) is 19.3 Å². The summed E-state index contributed by atoms with van der Waals surface area (Å²) in [6, 6.07) is 5.35. The van der Waals surface area contributed by atoms with E-state index in [-0.39, 0.29) is 5.91 Å². The number of carbonyl (C=O) groups excluding carboxylic acids is 1. The summed E-state index contributed by atoms with van der Waals surface area (Å²) in [5, 5.41) is 0. The maximum Gasteiger partial charge on any atom is 0.253 e. The lowest BCUT2D eigenvalue weighted by molar-refractivity contribution is 0.0724. The zero-order valence-corrected chi connectivity index (χ0v) is 10.7. The van der Waals surface area contributed by atoms with Gasteiger partial charge in [-0.2, -0.15) is 0 Å². The van der Waals surface area contributed by atoms with Gasteiger partial charge >= 0.3 is 0 Å². The summed E-state index contributed by atoms with van der Waals surface area (Å²) in [5.74, 6) is 0.111. The Kier molecular flexibility index (Phi) is 3.49. The lowest BCUT2D eigenvalue weighted by atomic mass is 10.1. The van der Waals surface area contributed by atoms with Gasteiger partial charge in [0.15, 0.2) is 0 Å². The number of nitrogen functional groups attached to an aromatic ring is 1. The zero-order valence-electron chi connectivity index (χ0n) is 9.08. The van der Waals surface area contributed by atoms with Gasteiger partial charge in [0.05, 0.1) is 0 Å². The summed E-state index contributed by atoms with van der Waals surface area (Å²) in [6.45, 7) is 1.75. The second-order valence-electron chi connectivity index (χ2n) is 4.09. The van der Waals surface area contributed by atoms with E-state index in [1.54, 1.807) is 18.2 Å². The third-order valence-electron chi connectivity index (χ3n) is 2.89. The van der Waals surface area contributed by atoms with E-state index in [4.69, 9.17) is 5.73 Å². The molecule has 0 aliphatic carbocycles. The predicted octanol–water partition coefficient (Wildman–Crippen LogP) is 2.66. The van der Waals surface area contributed by atoms with Crippen LogP contribution >= 0.6 is 15.9 Å². The third kappa shape index (κ3) is 2.38. The number of benzene rings is 1. The highest BCUT2D eigenvalue weighted by Crippen LogP contribution is 2.22. The summed E-state index contributed by atoms with van der Waals surface area (Å²) in [7, 11) is 0. The first-order valence-electron chi connectivity index (χ1n) is 5.53. The molecule has 2 N–H and O–H groups in total. The molecule has 0 saturated carbocycles. The Balaban J connectivity index is 2.16. The fourth-order valence-corrected chi connectivity index (χ4v) is 2.32. The van der Waals surface area contributed by atoms with E-state index in [2.05, 4.69) is 15.9 Å². The molecule has 1 aromatic carbocycles. The SMILES string of the molecule is Nc1ccc(C(=O)N2CCCCC2)cc1Br. The van der Waals surface area contributed by atoms with Crippen molar-refractivity contribution in [1.29, 1.82) is 0 Å². The van der Waals surface area contributed by atoms with E-state index in [9.17, 15) is 4.79 Å². The van der Waals surface area contributed by atoms with Crippen LogP contribution in [0, 0.1) is 0 Å². The van der Waals surface area contributed by atoms with Crippen LogP contribution in [-0.2, 0) is 0 Å². The lowest BCUT2D eigenvalue weighted by Gasteiger charge is -2.26. The number of amides is 1. The summed E-state index contributed by atoms with van der Waals surface area (Å²) < 4.78 is 0.787. The van der Waals surface area contributed by atoms with Gasteiger partial charge in [-0.15, -0.1) is 0 Å². The molecule has 1 fully saturated rings. The standard InChI is InChI=1S/C12H15BrN2O/c13-10-8-9(4-5-11(10)14)12(16)15-6-2-1-3-7-15/h4-5,8H,1-3,6-7,14H2. The van der Waals surface area contributed by atoms with E-state index in [0.29, 0.717) is 11.3 Å². The Morgan fingerprint density at radius 1 is 1.25 bits per heavy atom. The van der Waals surface area contributed by atoms with Gasteiger partial charge in [-0.25, -0.2) is 0 Å². The van der Waals surface area contributed by atoms with Crippen LogP contribution in [0.4, 0.5) is 5.69 Å². The van der Waals surface area contributed by atoms with Gasteiger partial charge in [-0.3, -0.25) is 4.79 Å². The molecule has 1 aliphatic heterocycles. The number of nitrogens with two attached hydrogens (primary N) is 1. The number of carbonyl (C=O) groups is 1. The maximum absolute atomic E-state index is 12.1. The molecule has 2 rings (SSSR count). The number of nitrogens with zero attached hydrogens (tertiary/aromatic N) is 1. The van der Waals surface area contributed by atoms with Crippen LogP contribution in [0.5, 0.6) is 0 Å². The van der Waals surface area contributed by atoms with Crippen molar-refractivity contribution in [3.8, 4) is 0 Å². The van der Waals surface area contributed by atoms with E-state index in [1.165, 1.54) is 6.42 Å². The van der Waals surface area contributed by atoms with Crippen molar-refractivity contribution in [3.63, 3.8) is 0 Å². The van der Waals surface area contributed by atoms with Crippen LogP contribution in [0.1, 0.15) is 29.6 Å². The molecule has 1 aliphatic rings. The molecule has 3 nitrogen and oxygen atoms in total. The Morgan fingerprint density at radius 3 is 2.56 bits per heavy atom. The van der Waals surface area contributed by atoms with Crippen LogP contribution in [-0.4, -0.2) is 23.9 Å². The van der Waals surface area contributed by atoms with Crippen LogP contribution in [0.2, 0.25) is 0 Å². The second-order valence-corrected chi connectivity index (χ2v) is 4.94. The van der Waals surface area contributed by atoms with Crippen molar-refractivity contribution in [2.24, 2.45) is 0 Å². The highest BCUT2D eigenvalue weighted by atomic mass is 79.9. The number of rotatable bonds is 1. The molecule has 86 valence electrons. The summed E-state index contributed by atoms with van der Waals surface area (Å²) in [6.07, 6.45) is 3.46. The van der Waals surface area contributed by atoms with Gasteiger partial charge in [-0.05, 0) is 53.4 Å². The molecule has 1 aromatic rings. The summed E-state index contributed by atoms with van der Waals surface area (Å²) in [5.41, 5.74) is 7.07. The number of likely N-dealkylation sites (tertiary alicyclic amines) is 1. The Labute approximate surface area is 104 Å². The normalized spacial score (nSPS) is 16.2. The minimum absolute atomic E-state index is 0.111. The largest absolute Gasteiger partial charge is 0.398 e. The Hall–Kier alpha value is -1.03. The molecule has 0 unspecified atom stereocenters. The van der Waals surface area contributed by atoms with Crippen molar-refractivity contribution in [2.75, 3.05) is 18.8 Å². The van der Waals surface area contributed by atoms with Crippen molar-refractivity contribution >= 4 is 27.5 Å². The topological polar surface area (TPSA) is 46.3 Å². The first kappa shape index (κ1) is 11.5. The lowest BCUT2D eigenvalue weighted by Crippen LogP contribution is -2.35. The molecular weight excluding hydrogens is 268 g/mol.